The Balaban J connectivity index is 1.73. The molecule has 4 aromatic carbocycles. The largest absolute Gasteiger partial charge is 0.294 e. The van der Waals surface area contributed by atoms with Crippen LogP contribution in [0.25, 0.3) is 0 Å². The minimum Gasteiger partial charge on any atom is -0.294 e. The van der Waals surface area contributed by atoms with Crippen molar-refractivity contribution in [3.63, 3.8) is 0 Å². The van der Waals surface area contributed by atoms with Gasteiger partial charge in [0, 0.05) is 0 Å². The molecule has 0 spiro atoms. The smallest absolute Gasteiger partial charge is 0.140 e. The van der Waals surface area contributed by atoms with Crippen LogP contribution in [0.1, 0.15) is 22.3 Å². The molecule has 0 amide bonds. The van der Waals surface area contributed by atoms with Crippen LogP contribution in [-0.2, 0) is 0 Å². The molecule has 1 heterocycles. The van der Waals surface area contributed by atoms with E-state index in [-0.39, 0.29) is 0 Å². The lowest BCUT2D eigenvalue weighted by atomic mass is 10.1. The summed E-state index contributed by atoms with van der Waals surface area (Å²) in [6.45, 7) is 8.60. The van der Waals surface area contributed by atoms with Crippen molar-refractivity contribution in [2.75, 3.05) is 9.80 Å². The summed E-state index contributed by atoms with van der Waals surface area (Å²) in [5.74, 6) is 1.76. The van der Waals surface area contributed by atoms with E-state index in [1.165, 1.54) is 22.3 Å². The summed E-state index contributed by atoms with van der Waals surface area (Å²) in [5.41, 5.74) is 9.27. The molecular formula is C33H31N3. The average molecular weight is 470 g/mol. The molecule has 5 rings (SSSR count). The van der Waals surface area contributed by atoms with Gasteiger partial charge in [0.1, 0.15) is 11.6 Å². The Morgan fingerprint density at radius 1 is 0.361 bits per heavy atom. The van der Waals surface area contributed by atoms with Crippen molar-refractivity contribution in [3.05, 3.63) is 138 Å². The molecule has 0 saturated carbocycles. The quantitative estimate of drug-likeness (QED) is 0.247. The van der Waals surface area contributed by atoms with Crippen LogP contribution in [0.3, 0.4) is 0 Å². The monoisotopic (exact) mass is 469 g/mol. The number of aromatic nitrogens is 1. The fourth-order valence-corrected chi connectivity index (χ4v) is 4.67. The second kappa shape index (κ2) is 10.1. The number of nitrogens with zero attached hydrogens (tertiary/aromatic N) is 3. The molecule has 0 saturated heterocycles. The van der Waals surface area contributed by atoms with Crippen LogP contribution in [-0.4, -0.2) is 4.98 Å². The van der Waals surface area contributed by atoms with Crippen molar-refractivity contribution in [3.8, 4) is 0 Å². The van der Waals surface area contributed by atoms with Gasteiger partial charge in [0.05, 0.1) is 22.7 Å². The fourth-order valence-electron chi connectivity index (χ4n) is 4.67. The van der Waals surface area contributed by atoms with E-state index in [1.807, 2.05) is 0 Å². The number of benzene rings is 4. The van der Waals surface area contributed by atoms with E-state index < -0.39 is 0 Å². The van der Waals surface area contributed by atoms with Gasteiger partial charge in [-0.15, -0.1) is 0 Å². The van der Waals surface area contributed by atoms with E-state index in [0.29, 0.717) is 0 Å². The molecule has 3 heteroatoms. The summed E-state index contributed by atoms with van der Waals surface area (Å²) in [4.78, 5) is 9.83. The number of pyridine rings is 1. The van der Waals surface area contributed by atoms with Crippen molar-refractivity contribution < 1.29 is 0 Å². The lowest BCUT2D eigenvalue weighted by molar-refractivity contribution is 1.11. The molecule has 36 heavy (non-hydrogen) atoms. The fraction of sp³-hybridized carbons (Fsp3) is 0.121. The molecule has 0 atom stereocenters. The molecule has 0 aliphatic rings. The summed E-state index contributed by atoms with van der Waals surface area (Å²) < 4.78 is 0. The number of para-hydroxylation sites is 4. The summed E-state index contributed by atoms with van der Waals surface area (Å²) >= 11 is 0. The van der Waals surface area contributed by atoms with Crippen LogP contribution in [0.2, 0.25) is 0 Å². The van der Waals surface area contributed by atoms with Crippen LogP contribution in [0, 0.1) is 27.7 Å². The molecule has 0 N–H and O–H groups in total. The number of rotatable bonds is 6. The average Bonchev–Trinajstić information content (AvgIpc) is 2.89. The second-order valence-corrected chi connectivity index (χ2v) is 9.17. The lowest BCUT2D eigenvalue weighted by Gasteiger charge is -2.30. The zero-order valence-electron chi connectivity index (χ0n) is 21.3. The summed E-state index contributed by atoms with van der Waals surface area (Å²) in [6.07, 6.45) is 0. The summed E-state index contributed by atoms with van der Waals surface area (Å²) in [5, 5.41) is 0. The van der Waals surface area contributed by atoms with Gasteiger partial charge in [0.2, 0.25) is 0 Å². The molecule has 0 bridgehead atoms. The minimum absolute atomic E-state index is 0.878. The van der Waals surface area contributed by atoms with Gasteiger partial charge in [0.15, 0.2) is 0 Å². The Morgan fingerprint density at radius 3 is 0.917 bits per heavy atom. The molecule has 0 fully saturated rings. The molecule has 5 aromatic rings. The number of anilines is 6. The third-order valence-electron chi connectivity index (χ3n) is 6.60. The zero-order chi connectivity index (χ0) is 25.1. The first-order chi connectivity index (χ1) is 17.5. The van der Waals surface area contributed by atoms with E-state index in [2.05, 4.69) is 153 Å². The van der Waals surface area contributed by atoms with Crippen LogP contribution >= 0.6 is 0 Å². The maximum atomic E-state index is 5.30. The van der Waals surface area contributed by atoms with Gasteiger partial charge in [-0.05, 0) is 86.3 Å². The maximum absolute atomic E-state index is 5.30. The predicted molar refractivity (Wildman–Crippen MR) is 153 cm³/mol. The SMILES string of the molecule is Cc1ccccc1N(c1cccc(N(c2ccccc2C)c2ccccc2C)n1)c1ccccc1C. The molecule has 3 nitrogen and oxygen atoms in total. The summed E-state index contributed by atoms with van der Waals surface area (Å²) in [7, 11) is 0. The Kier molecular flexibility index (Phi) is 6.55. The number of aryl methyl sites for hydroxylation is 4. The van der Waals surface area contributed by atoms with Gasteiger partial charge in [-0.1, -0.05) is 78.9 Å². The van der Waals surface area contributed by atoms with Gasteiger partial charge < -0.3 is 0 Å². The van der Waals surface area contributed by atoms with Gasteiger partial charge >= 0.3 is 0 Å². The van der Waals surface area contributed by atoms with Crippen LogP contribution < -0.4 is 9.80 Å². The van der Waals surface area contributed by atoms with Gasteiger partial charge in [-0.25, -0.2) is 4.98 Å². The van der Waals surface area contributed by atoms with Crippen molar-refractivity contribution in [2.24, 2.45) is 0 Å². The Bertz CT molecular complexity index is 1300. The van der Waals surface area contributed by atoms with E-state index in [1.54, 1.807) is 0 Å². The van der Waals surface area contributed by atoms with Crippen molar-refractivity contribution in [1.29, 1.82) is 0 Å². The van der Waals surface area contributed by atoms with Gasteiger partial charge in [0.25, 0.3) is 0 Å². The van der Waals surface area contributed by atoms with Gasteiger partial charge in [-0.2, -0.15) is 0 Å². The van der Waals surface area contributed by atoms with Crippen molar-refractivity contribution in [2.45, 2.75) is 27.7 Å². The van der Waals surface area contributed by atoms with E-state index >= 15 is 0 Å². The number of hydrogen-bond donors (Lipinski definition) is 0. The van der Waals surface area contributed by atoms with E-state index in [0.717, 1.165) is 34.4 Å². The molecular weight excluding hydrogens is 438 g/mol. The second-order valence-electron chi connectivity index (χ2n) is 9.17. The van der Waals surface area contributed by atoms with Crippen LogP contribution in [0.5, 0.6) is 0 Å². The molecule has 1 aromatic heterocycles. The first-order valence-corrected chi connectivity index (χ1v) is 12.3. The summed E-state index contributed by atoms with van der Waals surface area (Å²) in [6, 6.07) is 40.2. The number of hydrogen-bond acceptors (Lipinski definition) is 3. The highest BCUT2D eigenvalue weighted by molar-refractivity contribution is 5.82. The molecule has 0 radical (unpaired) electrons. The lowest BCUT2D eigenvalue weighted by Crippen LogP contribution is -2.17. The zero-order valence-corrected chi connectivity index (χ0v) is 21.3. The van der Waals surface area contributed by atoms with E-state index in [9.17, 15) is 0 Å². The van der Waals surface area contributed by atoms with Crippen LogP contribution in [0.4, 0.5) is 34.4 Å². The Labute approximate surface area is 214 Å². The highest BCUT2D eigenvalue weighted by Crippen LogP contribution is 2.41. The topological polar surface area (TPSA) is 19.4 Å². The first-order valence-electron chi connectivity index (χ1n) is 12.3. The molecule has 0 aliphatic carbocycles. The first kappa shape index (κ1) is 23.4. The Morgan fingerprint density at radius 2 is 0.639 bits per heavy atom. The third kappa shape index (κ3) is 4.48. The highest BCUT2D eigenvalue weighted by atomic mass is 15.3. The minimum atomic E-state index is 0.878. The third-order valence-corrected chi connectivity index (χ3v) is 6.60. The normalized spacial score (nSPS) is 10.8. The van der Waals surface area contributed by atoms with Crippen LogP contribution in [0.15, 0.2) is 115 Å². The Hall–Kier alpha value is -4.37. The molecule has 0 aliphatic heterocycles. The van der Waals surface area contributed by atoms with E-state index in [4.69, 9.17) is 4.98 Å². The van der Waals surface area contributed by atoms with Crippen molar-refractivity contribution >= 4 is 34.4 Å². The highest BCUT2D eigenvalue weighted by Gasteiger charge is 2.21. The van der Waals surface area contributed by atoms with Crippen molar-refractivity contribution in [1.82, 2.24) is 4.98 Å². The standard InChI is InChI=1S/C33H31N3/c1-24-14-5-9-18-28(24)35(29-19-10-6-15-25(29)2)32-22-13-23-33(34-32)36(30-20-11-7-16-26(30)3)31-21-12-8-17-27(31)4/h5-23H,1-4H3. The maximum Gasteiger partial charge on any atom is 0.140 e. The van der Waals surface area contributed by atoms with Gasteiger partial charge in [-0.3, -0.25) is 9.80 Å². The predicted octanol–water partition coefficient (Wildman–Crippen LogP) is 9.25. The molecule has 0 unspecified atom stereocenters. The molecule has 178 valence electrons.